The van der Waals surface area contributed by atoms with Gasteiger partial charge >= 0.3 is 0 Å². The lowest BCUT2D eigenvalue weighted by Gasteiger charge is -2.33. The molecular formula is C20H24N4O3. The summed E-state index contributed by atoms with van der Waals surface area (Å²) in [6.45, 7) is 6.69. The molecule has 3 aromatic rings. The molecule has 142 valence electrons. The SMILES string of the molecule is COc1ccc(Cn2c(C)cn3c(N4CCOC[C@H]4C)ncc3c2=O)cc1. The van der Waals surface area contributed by atoms with Crippen molar-refractivity contribution < 1.29 is 9.47 Å². The molecule has 2 aromatic heterocycles. The third kappa shape index (κ3) is 3.19. The molecule has 0 N–H and O–H groups in total. The van der Waals surface area contributed by atoms with Gasteiger partial charge in [-0.3, -0.25) is 9.20 Å². The van der Waals surface area contributed by atoms with E-state index in [1.54, 1.807) is 17.9 Å². The van der Waals surface area contributed by atoms with Crippen molar-refractivity contribution in [2.75, 3.05) is 31.8 Å². The Morgan fingerprint density at radius 1 is 1.30 bits per heavy atom. The minimum Gasteiger partial charge on any atom is -0.497 e. The van der Waals surface area contributed by atoms with Crippen LogP contribution in [0.15, 0.2) is 41.5 Å². The summed E-state index contributed by atoms with van der Waals surface area (Å²) in [6, 6.07) is 8.00. The van der Waals surface area contributed by atoms with Gasteiger partial charge in [0.15, 0.2) is 0 Å². The van der Waals surface area contributed by atoms with Crippen LogP contribution in [-0.2, 0) is 11.3 Å². The number of hydrogen-bond donors (Lipinski definition) is 0. The van der Waals surface area contributed by atoms with Crippen LogP contribution in [0, 0.1) is 6.92 Å². The lowest BCUT2D eigenvalue weighted by Crippen LogP contribution is -2.44. The van der Waals surface area contributed by atoms with Crippen LogP contribution in [0.2, 0.25) is 0 Å². The number of ether oxygens (including phenoxy) is 2. The van der Waals surface area contributed by atoms with E-state index in [0.717, 1.165) is 29.5 Å². The molecule has 3 heterocycles. The van der Waals surface area contributed by atoms with Crippen molar-refractivity contribution in [3.8, 4) is 5.75 Å². The van der Waals surface area contributed by atoms with Crippen molar-refractivity contribution in [1.29, 1.82) is 0 Å². The lowest BCUT2D eigenvalue weighted by atomic mass is 10.2. The van der Waals surface area contributed by atoms with Gasteiger partial charge in [0.25, 0.3) is 5.56 Å². The number of rotatable bonds is 4. The summed E-state index contributed by atoms with van der Waals surface area (Å²) in [5.74, 6) is 1.61. The minimum absolute atomic E-state index is 0.0366. The summed E-state index contributed by atoms with van der Waals surface area (Å²) >= 11 is 0. The zero-order valence-corrected chi connectivity index (χ0v) is 15.9. The lowest BCUT2D eigenvalue weighted by molar-refractivity contribution is 0.0980. The minimum atomic E-state index is -0.0366. The molecule has 1 aliphatic heterocycles. The monoisotopic (exact) mass is 368 g/mol. The maximum absolute atomic E-state index is 13.1. The van der Waals surface area contributed by atoms with Crippen molar-refractivity contribution in [1.82, 2.24) is 14.0 Å². The number of imidazole rings is 1. The van der Waals surface area contributed by atoms with Gasteiger partial charge in [-0.15, -0.1) is 0 Å². The van der Waals surface area contributed by atoms with E-state index in [-0.39, 0.29) is 11.6 Å². The van der Waals surface area contributed by atoms with E-state index in [0.29, 0.717) is 25.3 Å². The highest BCUT2D eigenvalue weighted by Gasteiger charge is 2.23. The fourth-order valence-electron chi connectivity index (χ4n) is 3.54. The molecule has 1 atom stereocenters. The van der Waals surface area contributed by atoms with E-state index in [1.165, 1.54) is 0 Å². The van der Waals surface area contributed by atoms with Crippen molar-refractivity contribution >= 4 is 11.5 Å². The Balaban J connectivity index is 1.72. The summed E-state index contributed by atoms with van der Waals surface area (Å²) in [5.41, 5.74) is 2.49. The Labute approximate surface area is 157 Å². The molecule has 1 fully saturated rings. The maximum atomic E-state index is 13.1. The molecule has 0 spiro atoms. The molecule has 0 saturated carbocycles. The largest absolute Gasteiger partial charge is 0.497 e. The molecule has 7 heteroatoms. The van der Waals surface area contributed by atoms with E-state index in [1.807, 2.05) is 41.8 Å². The Kier molecular flexibility index (Phi) is 4.61. The second-order valence-corrected chi connectivity index (χ2v) is 6.94. The smallest absolute Gasteiger partial charge is 0.277 e. The van der Waals surface area contributed by atoms with Gasteiger partial charge in [-0.25, -0.2) is 4.98 Å². The van der Waals surface area contributed by atoms with Gasteiger partial charge in [-0.2, -0.15) is 0 Å². The highest BCUT2D eigenvalue weighted by Crippen LogP contribution is 2.20. The van der Waals surface area contributed by atoms with E-state index < -0.39 is 0 Å². The van der Waals surface area contributed by atoms with Crippen LogP contribution in [0.5, 0.6) is 5.75 Å². The summed E-state index contributed by atoms with van der Waals surface area (Å²) in [6.07, 6.45) is 3.66. The molecule has 4 rings (SSSR count). The predicted molar refractivity (Wildman–Crippen MR) is 104 cm³/mol. The van der Waals surface area contributed by atoms with Crippen LogP contribution in [0.25, 0.3) is 5.52 Å². The number of morpholine rings is 1. The molecule has 1 aromatic carbocycles. The number of benzene rings is 1. The van der Waals surface area contributed by atoms with Crippen LogP contribution in [0.1, 0.15) is 18.2 Å². The normalized spacial score (nSPS) is 17.4. The molecule has 0 bridgehead atoms. The number of nitrogens with zero attached hydrogens (tertiary/aromatic N) is 4. The predicted octanol–water partition coefficient (Wildman–Crippen LogP) is 2.09. The van der Waals surface area contributed by atoms with Gasteiger partial charge in [0.05, 0.1) is 39.1 Å². The van der Waals surface area contributed by atoms with Crippen molar-refractivity contribution in [2.45, 2.75) is 26.4 Å². The molecule has 27 heavy (non-hydrogen) atoms. The molecule has 7 nitrogen and oxygen atoms in total. The van der Waals surface area contributed by atoms with Gasteiger partial charge in [-0.1, -0.05) is 12.1 Å². The Hall–Kier alpha value is -2.80. The average molecular weight is 368 g/mol. The standard InChI is InChI=1S/C20H24N4O3/c1-14-11-24-18(10-21-20(24)22-8-9-27-13-15(22)2)19(25)23(14)12-16-4-6-17(26-3)7-5-16/h4-7,10-11,15H,8-9,12-13H2,1-3H3/t15-/m1/s1. The van der Waals surface area contributed by atoms with Gasteiger partial charge in [0.2, 0.25) is 5.95 Å². The van der Waals surface area contributed by atoms with E-state index in [2.05, 4.69) is 16.8 Å². The fourth-order valence-corrected chi connectivity index (χ4v) is 3.54. The Morgan fingerprint density at radius 3 is 2.78 bits per heavy atom. The van der Waals surface area contributed by atoms with E-state index >= 15 is 0 Å². The molecular weight excluding hydrogens is 344 g/mol. The molecule has 0 amide bonds. The molecule has 1 saturated heterocycles. The van der Waals surface area contributed by atoms with Crippen LogP contribution in [0.4, 0.5) is 5.95 Å². The van der Waals surface area contributed by atoms with Crippen molar-refractivity contribution in [2.24, 2.45) is 0 Å². The fraction of sp³-hybridized carbons (Fsp3) is 0.400. The molecule has 0 unspecified atom stereocenters. The quantitative estimate of drug-likeness (QED) is 0.706. The van der Waals surface area contributed by atoms with Gasteiger partial charge in [0, 0.05) is 18.4 Å². The van der Waals surface area contributed by atoms with Crippen LogP contribution in [0.3, 0.4) is 0 Å². The summed E-state index contributed by atoms with van der Waals surface area (Å²) < 4.78 is 14.4. The summed E-state index contributed by atoms with van der Waals surface area (Å²) in [5, 5.41) is 0. The van der Waals surface area contributed by atoms with Gasteiger partial charge in [0.1, 0.15) is 11.3 Å². The second-order valence-electron chi connectivity index (χ2n) is 6.94. The third-order valence-corrected chi connectivity index (χ3v) is 5.11. The van der Waals surface area contributed by atoms with Gasteiger partial charge in [-0.05, 0) is 31.5 Å². The highest BCUT2D eigenvalue weighted by molar-refractivity contribution is 5.53. The number of methoxy groups -OCH3 is 1. The summed E-state index contributed by atoms with van der Waals surface area (Å²) in [7, 11) is 1.64. The number of fused-ring (bicyclic) bond motifs is 1. The zero-order chi connectivity index (χ0) is 19.0. The first-order valence-electron chi connectivity index (χ1n) is 9.13. The Morgan fingerprint density at radius 2 is 2.07 bits per heavy atom. The van der Waals surface area contributed by atoms with Crippen LogP contribution in [-0.4, -0.2) is 46.9 Å². The van der Waals surface area contributed by atoms with Crippen LogP contribution < -0.4 is 15.2 Å². The maximum Gasteiger partial charge on any atom is 0.277 e. The van der Waals surface area contributed by atoms with Crippen LogP contribution >= 0.6 is 0 Å². The topological polar surface area (TPSA) is 61.0 Å². The van der Waals surface area contributed by atoms with Crippen molar-refractivity contribution in [3.05, 3.63) is 58.3 Å². The first-order valence-corrected chi connectivity index (χ1v) is 9.13. The molecule has 0 aliphatic carbocycles. The average Bonchev–Trinajstić information content (AvgIpc) is 3.09. The number of aryl methyl sites for hydroxylation is 1. The first kappa shape index (κ1) is 17.6. The van der Waals surface area contributed by atoms with Crippen molar-refractivity contribution in [3.63, 3.8) is 0 Å². The molecule has 1 aliphatic rings. The number of aromatic nitrogens is 3. The van der Waals surface area contributed by atoms with E-state index in [4.69, 9.17) is 9.47 Å². The first-order chi connectivity index (χ1) is 13.1. The Bertz CT molecular complexity index is 1010. The summed E-state index contributed by atoms with van der Waals surface area (Å²) in [4.78, 5) is 19.8. The third-order valence-electron chi connectivity index (χ3n) is 5.11. The molecule has 0 radical (unpaired) electrons. The second kappa shape index (κ2) is 7.08. The zero-order valence-electron chi connectivity index (χ0n) is 15.9. The number of anilines is 1. The van der Waals surface area contributed by atoms with Gasteiger partial charge < -0.3 is 18.9 Å². The highest BCUT2D eigenvalue weighted by atomic mass is 16.5. The van der Waals surface area contributed by atoms with E-state index in [9.17, 15) is 4.79 Å². The number of hydrogen-bond acceptors (Lipinski definition) is 5.